The molecule has 0 aliphatic heterocycles. The Morgan fingerprint density at radius 3 is 2.83 bits per heavy atom. The summed E-state index contributed by atoms with van der Waals surface area (Å²) in [7, 11) is 0. The Hall–Kier alpha value is -0.550. The van der Waals surface area contributed by atoms with E-state index in [0.29, 0.717) is 10.2 Å². The molecule has 1 N–H and O–H groups in total. The first-order chi connectivity index (χ1) is 8.52. The van der Waals surface area contributed by atoms with Gasteiger partial charge < -0.3 is 5.11 Å². The summed E-state index contributed by atoms with van der Waals surface area (Å²) in [4.78, 5) is 10.7. The van der Waals surface area contributed by atoms with E-state index in [4.69, 9.17) is 5.11 Å². The number of thioether (sulfide) groups is 1. The van der Waals surface area contributed by atoms with Crippen LogP contribution >= 0.6 is 27.7 Å². The van der Waals surface area contributed by atoms with Crippen LogP contribution in [0.3, 0.4) is 0 Å². The zero-order valence-electron chi connectivity index (χ0n) is 9.79. The Balaban J connectivity index is 1.86. The molecule has 1 aliphatic carbocycles. The predicted octanol–water partition coefficient (Wildman–Crippen LogP) is 4.08. The molecule has 5 heteroatoms. The molecule has 0 amide bonds. The van der Waals surface area contributed by atoms with Gasteiger partial charge in [0.2, 0.25) is 0 Å². The van der Waals surface area contributed by atoms with Gasteiger partial charge in [-0.1, -0.05) is 12.1 Å². The van der Waals surface area contributed by atoms with E-state index < -0.39 is 5.97 Å². The molecule has 0 spiro atoms. The zero-order valence-corrected chi connectivity index (χ0v) is 12.2. The summed E-state index contributed by atoms with van der Waals surface area (Å²) in [6.07, 6.45) is 2.25. The van der Waals surface area contributed by atoms with Gasteiger partial charge in [-0.2, -0.15) is 11.8 Å². The van der Waals surface area contributed by atoms with Crippen LogP contribution in [0.1, 0.15) is 24.8 Å². The summed E-state index contributed by atoms with van der Waals surface area (Å²) in [5.74, 6) is 0.571. The molecule has 0 bridgehead atoms. The fraction of sp³-hybridized carbons (Fsp3) is 0.462. The average molecular weight is 333 g/mol. The van der Waals surface area contributed by atoms with Gasteiger partial charge in [-0.3, -0.25) is 4.79 Å². The Kier molecular flexibility index (Phi) is 4.33. The van der Waals surface area contributed by atoms with E-state index in [9.17, 15) is 9.18 Å². The molecule has 0 saturated heterocycles. The van der Waals surface area contributed by atoms with Gasteiger partial charge in [0.1, 0.15) is 5.82 Å². The van der Waals surface area contributed by atoms with E-state index in [1.165, 1.54) is 6.07 Å². The molecule has 98 valence electrons. The molecule has 1 saturated carbocycles. The highest BCUT2D eigenvalue weighted by Gasteiger charge is 2.44. The van der Waals surface area contributed by atoms with Gasteiger partial charge in [-0.15, -0.1) is 0 Å². The molecular weight excluding hydrogens is 319 g/mol. The van der Waals surface area contributed by atoms with Crippen molar-refractivity contribution >= 4 is 33.7 Å². The first kappa shape index (κ1) is 13.9. The fourth-order valence-electron chi connectivity index (χ4n) is 1.91. The third-order valence-electron chi connectivity index (χ3n) is 3.18. The minimum Gasteiger partial charge on any atom is -0.481 e. The van der Waals surface area contributed by atoms with Gasteiger partial charge in [0, 0.05) is 5.75 Å². The number of carbonyl (C=O) groups is 1. The second-order valence-corrected chi connectivity index (χ2v) is 6.55. The van der Waals surface area contributed by atoms with Crippen LogP contribution in [0.5, 0.6) is 0 Å². The Morgan fingerprint density at radius 1 is 1.50 bits per heavy atom. The van der Waals surface area contributed by atoms with Crippen LogP contribution in [-0.4, -0.2) is 16.8 Å². The maximum absolute atomic E-state index is 13.3. The number of hydrogen-bond acceptors (Lipinski definition) is 2. The standard InChI is InChI=1S/C13H14BrFO2S/c14-12-9(2-1-3-10(12)15)7-18-8-13(4-5-13)6-11(16)17/h1-3H,4-8H2,(H,16,17). The minimum absolute atomic E-state index is 0.00367. The first-order valence-electron chi connectivity index (χ1n) is 5.75. The summed E-state index contributed by atoms with van der Waals surface area (Å²) in [6.45, 7) is 0. The van der Waals surface area contributed by atoms with E-state index in [-0.39, 0.29) is 17.7 Å². The molecule has 0 aromatic heterocycles. The van der Waals surface area contributed by atoms with Crippen LogP contribution in [0.4, 0.5) is 4.39 Å². The molecule has 1 aromatic rings. The number of carboxylic acids is 1. The fourth-order valence-corrected chi connectivity index (χ4v) is 3.88. The van der Waals surface area contributed by atoms with Crippen molar-refractivity contribution in [3.8, 4) is 0 Å². The summed E-state index contributed by atoms with van der Waals surface area (Å²) in [5.41, 5.74) is 0.919. The van der Waals surface area contributed by atoms with E-state index in [1.807, 2.05) is 6.07 Å². The molecule has 0 heterocycles. The molecule has 1 fully saturated rings. The van der Waals surface area contributed by atoms with Crippen LogP contribution in [0, 0.1) is 11.2 Å². The van der Waals surface area contributed by atoms with Crippen molar-refractivity contribution in [1.82, 2.24) is 0 Å². The van der Waals surface area contributed by atoms with Crippen LogP contribution in [-0.2, 0) is 10.5 Å². The number of hydrogen-bond donors (Lipinski definition) is 1. The van der Waals surface area contributed by atoms with Gasteiger partial charge in [0.25, 0.3) is 0 Å². The van der Waals surface area contributed by atoms with Crippen molar-refractivity contribution in [3.05, 3.63) is 34.1 Å². The maximum atomic E-state index is 13.3. The number of carboxylic acid groups (broad SMARTS) is 1. The minimum atomic E-state index is -0.722. The average Bonchev–Trinajstić information content (AvgIpc) is 3.03. The van der Waals surface area contributed by atoms with Crippen molar-refractivity contribution in [2.45, 2.75) is 25.0 Å². The van der Waals surface area contributed by atoms with Crippen molar-refractivity contribution in [2.24, 2.45) is 5.41 Å². The molecule has 2 rings (SSSR count). The quantitative estimate of drug-likeness (QED) is 0.852. The van der Waals surface area contributed by atoms with Crippen LogP contribution in [0.15, 0.2) is 22.7 Å². The van der Waals surface area contributed by atoms with Crippen molar-refractivity contribution in [3.63, 3.8) is 0 Å². The molecule has 0 atom stereocenters. The SMILES string of the molecule is O=C(O)CC1(CSCc2cccc(F)c2Br)CC1. The smallest absolute Gasteiger partial charge is 0.303 e. The van der Waals surface area contributed by atoms with Crippen LogP contribution in [0.25, 0.3) is 0 Å². The van der Waals surface area contributed by atoms with Gasteiger partial charge in [-0.05, 0) is 51.6 Å². The van der Waals surface area contributed by atoms with Crippen molar-refractivity contribution in [2.75, 3.05) is 5.75 Å². The lowest BCUT2D eigenvalue weighted by atomic mass is 10.1. The second kappa shape index (κ2) is 5.61. The maximum Gasteiger partial charge on any atom is 0.303 e. The third kappa shape index (κ3) is 3.48. The summed E-state index contributed by atoms with van der Waals surface area (Å²) >= 11 is 4.91. The molecule has 0 radical (unpaired) electrons. The molecular formula is C13H14BrFO2S. The first-order valence-corrected chi connectivity index (χ1v) is 7.70. The largest absolute Gasteiger partial charge is 0.481 e. The van der Waals surface area contributed by atoms with Crippen molar-refractivity contribution < 1.29 is 14.3 Å². The predicted molar refractivity (Wildman–Crippen MR) is 74.2 cm³/mol. The monoisotopic (exact) mass is 332 g/mol. The molecule has 2 nitrogen and oxygen atoms in total. The summed E-state index contributed by atoms with van der Waals surface area (Å²) in [5, 5.41) is 8.82. The van der Waals surface area contributed by atoms with Gasteiger partial charge >= 0.3 is 5.97 Å². The summed E-state index contributed by atoms with van der Waals surface area (Å²) < 4.78 is 13.8. The van der Waals surface area contributed by atoms with Gasteiger partial charge in [0.15, 0.2) is 0 Å². The number of aliphatic carboxylic acids is 1. The second-order valence-electron chi connectivity index (χ2n) is 4.78. The van der Waals surface area contributed by atoms with E-state index in [1.54, 1.807) is 17.8 Å². The molecule has 0 unspecified atom stereocenters. The Labute approximate surface area is 118 Å². The van der Waals surface area contributed by atoms with Crippen LogP contribution in [0.2, 0.25) is 0 Å². The Bertz CT molecular complexity index is 460. The third-order valence-corrected chi connectivity index (χ3v) is 5.40. The van der Waals surface area contributed by atoms with Gasteiger partial charge in [-0.25, -0.2) is 4.39 Å². The Morgan fingerprint density at radius 2 is 2.22 bits per heavy atom. The van der Waals surface area contributed by atoms with Gasteiger partial charge in [0.05, 0.1) is 10.9 Å². The molecule has 18 heavy (non-hydrogen) atoms. The highest BCUT2D eigenvalue weighted by molar-refractivity contribution is 9.10. The zero-order chi connectivity index (χ0) is 13.2. The summed E-state index contributed by atoms with van der Waals surface area (Å²) in [6, 6.07) is 5.00. The highest BCUT2D eigenvalue weighted by Crippen LogP contribution is 2.51. The van der Waals surface area contributed by atoms with Crippen molar-refractivity contribution in [1.29, 1.82) is 0 Å². The number of halogens is 2. The number of benzene rings is 1. The van der Waals surface area contributed by atoms with E-state index >= 15 is 0 Å². The lowest BCUT2D eigenvalue weighted by Gasteiger charge is -2.12. The molecule has 1 aliphatic rings. The normalized spacial score (nSPS) is 16.6. The number of rotatable bonds is 6. The lowest BCUT2D eigenvalue weighted by molar-refractivity contribution is -0.138. The lowest BCUT2D eigenvalue weighted by Crippen LogP contribution is -2.11. The molecule has 1 aromatic carbocycles. The topological polar surface area (TPSA) is 37.3 Å². The van der Waals surface area contributed by atoms with E-state index in [0.717, 1.165) is 24.2 Å². The van der Waals surface area contributed by atoms with Crippen LogP contribution < -0.4 is 0 Å². The highest BCUT2D eigenvalue weighted by atomic mass is 79.9. The van der Waals surface area contributed by atoms with E-state index in [2.05, 4.69) is 15.9 Å².